The number of ether oxygens (including phenoxy) is 1. The predicted molar refractivity (Wildman–Crippen MR) is 118 cm³/mol. The normalized spacial score (nSPS) is 25.6. The molecule has 1 amide bonds. The second-order valence-corrected chi connectivity index (χ2v) is 9.47. The lowest BCUT2D eigenvalue weighted by Gasteiger charge is -2.38. The first-order chi connectivity index (χ1) is 14.8. The van der Waals surface area contributed by atoms with Crippen LogP contribution in [-0.4, -0.2) is 35.5 Å². The molecule has 2 heterocycles. The highest BCUT2D eigenvalue weighted by Crippen LogP contribution is 2.52. The SMILES string of the molecule is CCC(F)(F)[C@H]1OC[C@]2(c3cc(Br)ccc3F)N=C(NC(=O)c3ccccc3)SC[C@H]12. The number of hydrogen-bond acceptors (Lipinski definition) is 4. The van der Waals surface area contributed by atoms with E-state index in [1.54, 1.807) is 36.4 Å². The molecule has 4 nitrogen and oxygen atoms in total. The summed E-state index contributed by atoms with van der Waals surface area (Å²) in [4.78, 5) is 17.2. The number of amides is 1. The number of nitrogens with zero attached hydrogens (tertiary/aromatic N) is 1. The van der Waals surface area contributed by atoms with E-state index in [1.807, 2.05) is 0 Å². The number of aliphatic imine (C=N–C) groups is 1. The van der Waals surface area contributed by atoms with Gasteiger partial charge in [0.1, 0.15) is 17.5 Å². The molecule has 2 aliphatic rings. The summed E-state index contributed by atoms with van der Waals surface area (Å²) in [5.74, 6) is -4.55. The number of fused-ring (bicyclic) bond motifs is 1. The van der Waals surface area contributed by atoms with Crippen molar-refractivity contribution >= 4 is 38.8 Å². The van der Waals surface area contributed by atoms with Crippen molar-refractivity contribution in [3.63, 3.8) is 0 Å². The van der Waals surface area contributed by atoms with Crippen LogP contribution in [0.4, 0.5) is 13.2 Å². The van der Waals surface area contributed by atoms with E-state index in [0.29, 0.717) is 10.0 Å². The van der Waals surface area contributed by atoms with Gasteiger partial charge in [-0.3, -0.25) is 4.79 Å². The fourth-order valence-electron chi connectivity index (χ4n) is 4.02. The van der Waals surface area contributed by atoms with E-state index in [4.69, 9.17) is 4.74 Å². The molecule has 0 unspecified atom stereocenters. The molecular formula is C22H20BrF3N2O2S. The van der Waals surface area contributed by atoms with Crippen LogP contribution in [0.1, 0.15) is 29.3 Å². The first-order valence-electron chi connectivity index (χ1n) is 9.81. The van der Waals surface area contributed by atoms with Gasteiger partial charge in [0.05, 0.1) is 6.61 Å². The summed E-state index contributed by atoms with van der Waals surface area (Å²) >= 11 is 4.50. The summed E-state index contributed by atoms with van der Waals surface area (Å²) in [6.07, 6.45) is -1.78. The van der Waals surface area contributed by atoms with Crippen molar-refractivity contribution in [2.75, 3.05) is 12.4 Å². The second kappa shape index (κ2) is 8.60. The Balaban J connectivity index is 1.76. The molecule has 2 aliphatic heterocycles. The largest absolute Gasteiger partial charge is 0.369 e. The number of nitrogens with one attached hydrogen (secondary N) is 1. The summed E-state index contributed by atoms with van der Waals surface area (Å²) in [6.45, 7) is 1.20. The average Bonchev–Trinajstić information content (AvgIpc) is 3.16. The van der Waals surface area contributed by atoms with Gasteiger partial charge in [-0.15, -0.1) is 0 Å². The molecule has 4 rings (SSSR count). The third kappa shape index (κ3) is 4.15. The highest BCUT2D eigenvalue weighted by Gasteiger charge is 2.60. The van der Waals surface area contributed by atoms with Gasteiger partial charge in [-0.25, -0.2) is 18.2 Å². The van der Waals surface area contributed by atoms with Crippen LogP contribution in [0, 0.1) is 11.7 Å². The van der Waals surface area contributed by atoms with E-state index in [-0.39, 0.29) is 29.0 Å². The summed E-state index contributed by atoms with van der Waals surface area (Å²) in [7, 11) is 0. The number of alkyl halides is 2. The zero-order valence-electron chi connectivity index (χ0n) is 16.6. The molecule has 9 heteroatoms. The molecule has 1 N–H and O–H groups in total. The smallest absolute Gasteiger partial charge is 0.273 e. The first kappa shape index (κ1) is 22.4. The molecule has 2 aromatic carbocycles. The molecule has 0 spiro atoms. The van der Waals surface area contributed by atoms with Crippen molar-refractivity contribution in [1.29, 1.82) is 0 Å². The minimum atomic E-state index is -3.07. The Bertz CT molecular complexity index is 1020. The van der Waals surface area contributed by atoms with Crippen LogP contribution in [0.25, 0.3) is 0 Å². The Hall–Kier alpha value is -1.84. The van der Waals surface area contributed by atoms with Crippen LogP contribution in [0.2, 0.25) is 0 Å². The van der Waals surface area contributed by atoms with Crippen LogP contribution >= 0.6 is 27.7 Å². The summed E-state index contributed by atoms with van der Waals surface area (Å²) in [6, 6.07) is 13.0. The molecule has 2 aromatic rings. The number of thioether (sulfide) groups is 1. The van der Waals surface area contributed by atoms with Gasteiger partial charge in [-0.1, -0.05) is 52.8 Å². The third-order valence-electron chi connectivity index (χ3n) is 5.70. The Morgan fingerprint density at radius 3 is 2.77 bits per heavy atom. The molecule has 164 valence electrons. The van der Waals surface area contributed by atoms with Crippen molar-refractivity contribution in [1.82, 2.24) is 5.32 Å². The number of hydrogen-bond donors (Lipinski definition) is 1. The second-order valence-electron chi connectivity index (χ2n) is 7.55. The number of rotatable bonds is 4. The lowest BCUT2D eigenvalue weighted by Crippen LogP contribution is -2.48. The molecule has 3 atom stereocenters. The summed E-state index contributed by atoms with van der Waals surface area (Å²) < 4.78 is 50.4. The lowest BCUT2D eigenvalue weighted by molar-refractivity contribution is -0.128. The monoisotopic (exact) mass is 512 g/mol. The van der Waals surface area contributed by atoms with Gasteiger partial charge in [-0.2, -0.15) is 0 Å². The van der Waals surface area contributed by atoms with Gasteiger partial charge in [0.25, 0.3) is 11.8 Å². The maximum absolute atomic E-state index is 14.9. The molecule has 0 bridgehead atoms. The molecular weight excluding hydrogens is 493 g/mol. The van der Waals surface area contributed by atoms with Crippen LogP contribution in [0.15, 0.2) is 58.0 Å². The first-order valence-corrected chi connectivity index (χ1v) is 11.6. The van der Waals surface area contributed by atoms with E-state index in [0.717, 1.165) is 0 Å². The molecule has 0 aliphatic carbocycles. The lowest BCUT2D eigenvalue weighted by atomic mass is 9.77. The standard InChI is InChI=1S/C22H20BrF3N2O2S/c1-2-22(25,26)18-16-11-31-20(27-19(29)13-6-4-3-5-7-13)28-21(16,12-30-18)15-10-14(23)8-9-17(15)24/h3-10,16,18H,2,11-12H2,1H3,(H,27,28,29)/t16-,18+,21-/m1/s1. The number of carbonyl (C=O) groups is 1. The molecule has 0 aromatic heterocycles. The zero-order chi connectivity index (χ0) is 22.2. The van der Waals surface area contributed by atoms with Crippen molar-refractivity contribution in [2.45, 2.75) is 30.9 Å². The van der Waals surface area contributed by atoms with Crippen molar-refractivity contribution in [3.05, 3.63) is 69.9 Å². The maximum atomic E-state index is 14.9. The van der Waals surface area contributed by atoms with Crippen LogP contribution < -0.4 is 5.32 Å². The highest BCUT2D eigenvalue weighted by atomic mass is 79.9. The Morgan fingerprint density at radius 1 is 1.32 bits per heavy atom. The number of carbonyl (C=O) groups excluding carboxylic acids is 1. The molecule has 0 radical (unpaired) electrons. The van der Waals surface area contributed by atoms with E-state index in [1.165, 1.54) is 30.8 Å². The fourth-order valence-corrected chi connectivity index (χ4v) is 5.56. The van der Waals surface area contributed by atoms with Gasteiger partial charge in [0, 0.05) is 33.7 Å². The minimum absolute atomic E-state index is 0.174. The highest BCUT2D eigenvalue weighted by molar-refractivity contribution is 9.10. The van der Waals surface area contributed by atoms with E-state index in [9.17, 15) is 18.0 Å². The van der Waals surface area contributed by atoms with Crippen LogP contribution in [0.5, 0.6) is 0 Å². The van der Waals surface area contributed by atoms with Gasteiger partial charge in [0.15, 0.2) is 5.17 Å². The van der Waals surface area contributed by atoms with E-state index >= 15 is 0 Å². The molecule has 0 saturated carbocycles. The summed E-state index contributed by atoms with van der Waals surface area (Å²) in [5.41, 5.74) is -0.747. The summed E-state index contributed by atoms with van der Waals surface area (Å²) in [5, 5.41) is 3.00. The number of halogens is 4. The van der Waals surface area contributed by atoms with Gasteiger partial charge in [0.2, 0.25) is 0 Å². The fraction of sp³-hybridized carbons (Fsp3) is 0.364. The molecule has 31 heavy (non-hydrogen) atoms. The zero-order valence-corrected chi connectivity index (χ0v) is 19.0. The van der Waals surface area contributed by atoms with Crippen LogP contribution in [0.3, 0.4) is 0 Å². The van der Waals surface area contributed by atoms with Crippen molar-refractivity contribution in [2.24, 2.45) is 10.9 Å². The number of benzene rings is 2. The van der Waals surface area contributed by atoms with Crippen molar-refractivity contribution in [3.8, 4) is 0 Å². The topological polar surface area (TPSA) is 50.7 Å². The molecule has 1 fully saturated rings. The Labute approximate surface area is 190 Å². The van der Waals surface area contributed by atoms with E-state index < -0.39 is 35.7 Å². The maximum Gasteiger partial charge on any atom is 0.273 e. The van der Waals surface area contributed by atoms with E-state index in [2.05, 4.69) is 26.2 Å². The average molecular weight is 513 g/mol. The van der Waals surface area contributed by atoms with Crippen molar-refractivity contribution < 1.29 is 22.7 Å². The van der Waals surface area contributed by atoms with Gasteiger partial charge >= 0.3 is 0 Å². The minimum Gasteiger partial charge on any atom is -0.369 e. The third-order valence-corrected chi connectivity index (χ3v) is 7.19. The van der Waals surface area contributed by atoms with Gasteiger partial charge in [-0.05, 0) is 30.3 Å². The Morgan fingerprint density at radius 2 is 2.06 bits per heavy atom. The van der Waals surface area contributed by atoms with Crippen LogP contribution in [-0.2, 0) is 10.3 Å². The van der Waals surface area contributed by atoms with Gasteiger partial charge < -0.3 is 10.1 Å². The predicted octanol–water partition coefficient (Wildman–Crippen LogP) is 5.38. The Kier molecular flexibility index (Phi) is 6.20. The quantitative estimate of drug-likeness (QED) is 0.598. The number of amidine groups is 1. The molecule has 1 saturated heterocycles.